The molecule has 6 heteroatoms. The molecule has 0 saturated carbocycles. The molecular weight excluding hydrogens is 242 g/mol. The molecule has 0 unspecified atom stereocenters. The van der Waals surface area contributed by atoms with Gasteiger partial charge in [-0.15, -0.1) is 10.2 Å². The molecule has 1 heterocycles. The van der Waals surface area contributed by atoms with Gasteiger partial charge in [0.25, 0.3) is 5.91 Å². The molecule has 0 aliphatic rings. The lowest BCUT2D eigenvalue weighted by Gasteiger charge is -2.09. The van der Waals surface area contributed by atoms with Crippen molar-refractivity contribution in [1.82, 2.24) is 15.1 Å². The van der Waals surface area contributed by atoms with Crippen molar-refractivity contribution in [3.8, 4) is 0 Å². The number of anilines is 3. The van der Waals surface area contributed by atoms with Crippen LogP contribution in [-0.4, -0.2) is 35.1 Å². The average Bonchev–Trinajstić information content (AvgIpc) is 2.39. The molecule has 0 fully saturated rings. The van der Waals surface area contributed by atoms with Gasteiger partial charge in [0.15, 0.2) is 11.5 Å². The number of nitrogens with zero attached hydrogens (tertiary/aromatic N) is 3. The third-order valence-electron chi connectivity index (χ3n) is 2.45. The van der Waals surface area contributed by atoms with Gasteiger partial charge >= 0.3 is 0 Å². The van der Waals surface area contributed by atoms with Gasteiger partial charge in [-0.2, -0.15) is 0 Å². The van der Waals surface area contributed by atoms with E-state index in [1.807, 2.05) is 12.1 Å². The number of nitrogens with two attached hydrogens (primary N) is 1. The van der Waals surface area contributed by atoms with Crippen molar-refractivity contribution in [2.75, 3.05) is 25.1 Å². The fraction of sp³-hybridized carbons (Fsp3) is 0.154. The Balaban J connectivity index is 2.13. The zero-order valence-electron chi connectivity index (χ0n) is 10.8. The van der Waals surface area contributed by atoms with E-state index in [2.05, 4.69) is 15.5 Å². The van der Waals surface area contributed by atoms with Crippen LogP contribution in [0, 0.1) is 0 Å². The summed E-state index contributed by atoms with van der Waals surface area (Å²) in [4.78, 5) is 13.1. The summed E-state index contributed by atoms with van der Waals surface area (Å²) >= 11 is 0. The van der Waals surface area contributed by atoms with Gasteiger partial charge in [0.2, 0.25) is 0 Å². The number of nitrogens with one attached hydrogen (secondary N) is 1. The minimum absolute atomic E-state index is 0.178. The molecule has 0 atom stereocenters. The SMILES string of the molecule is CN(C)C(=O)c1ccc(Nc2cccc(N)c2)nn1. The second kappa shape index (κ2) is 5.34. The monoisotopic (exact) mass is 257 g/mol. The topological polar surface area (TPSA) is 84.1 Å². The van der Waals surface area contributed by atoms with Crippen LogP contribution in [0.5, 0.6) is 0 Å². The first kappa shape index (κ1) is 12.8. The van der Waals surface area contributed by atoms with Crippen LogP contribution in [0.1, 0.15) is 10.5 Å². The summed E-state index contributed by atoms with van der Waals surface area (Å²) in [5.41, 5.74) is 7.48. The van der Waals surface area contributed by atoms with Crippen LogP contribution in [0.3, 0.4) is 0 Å². The number of aromatic nitrogens is 2. The second-order valence-corrected chi connectivity index (χ2v) is 4.25. The molecule has 2 rings (SSSR count). The van der Waals surface area contributed by atoms with Crippen molar-refractivity contribution in [2.24, 2.45) is 0 Å². The molecule has 19 heavy (non-hydrogen) atoms. The first-order valence-electron chi connectivity index (χ1n) is 5.74. The van der Waals surface area contributed by atoms with Gasteiger partial charge in [-0.25, -0.2) is 0 Å². The fourth-order valence-corrected chi connectivity index (χ4v) is 1.51. The maximum Gasteiger partial charge on any atom is 0.273 e. The predicted octanol–water partition coefficient (Wildman–Crippen LogP) is 1.50. The van der Waals surface area contributed by atoms with Gasteiger partial charge in [0, 0.05) is 25.5 Å². The predicted molar refractivity (Wildman–Crippen MR) is 74.2 cm³/mol. The van der Waals surface area contributed by atoms with Crippen LogP contribution in [0.15, 0.2) is 36.4 Å². The van der Waals surface area contributed by atoms with Gasteiger partial charge in [0.1, 0.15) is 0 Å². The van der Waals surface area contributed by atoms with E-state index in [1.165, 1.54) is 4.90 Å². The summed E-state index contributed by atoms with van der Waals surface area (Å²) < 4.78 is 0. The van der Waals surface area contributed by atoms with E-state index in [4.69, 9.17) is 5.73 Å². The minimum atomic E-state index is -0.178. The highest BCUT2D eigenvalue weighted by Crippen LogP contribution is 2.16. The summed E-state index contributed by atoms with van der Waals surface area (Å²) in [6.07, 6.45) is 0. The fourth-order valence-electron chi connectivity index (χ4n) is 1.51. The molecule has 0 aliphatic carbocycles. The smallest absolute Gasteiger partial charge is 0.273 e. The van der Waals surface area contributed by atoms with Gasteiger partial charge in [-0.05, 0) is 30.3 Å². The summed E-state index contributed by atoms with van der Waals surface area (Å²) in [5, 5.41) is 10.9. The molecule has 0 bridgehead atoms. The molecule has 1 aromatic heterocycles. The van der Waals surface area contributed by atoms with Crippen LogP contribution in [0.25, 0.3) is 0 Å². The number of amides is 1. The van der Waals surface area contributed by atoms with Crippen molar-refractivity contribution >= 4 is 23.1 Å². The van der Waals surface area contributed by atoms with E-state index in [9.17, 15) is 4.79 Å². The van der Waals surface area contributed by atoms with Crippen LogP contribution in [-0.2, 0) is 0 Å². The van der Waals surface area contributed by atoms with E-state index < -0.39 is 0 Å². The van der Waals surface area contributed by atoms with E-state index in [1.54, 1.807) is 38.4 Å². The summed E-state index contributed by atoms with van der Waals surface area (Å²) in [6, 6.07) is 10.6. The Hall–Kier alpha value is -2.63. The van der Waals surface area contributed by atoms with E-state index in [0.29, 0.717) is 17.2 Å². The van der Waals surface area contributed by atoms with Crippen molar-refractivity contribution in [2.45, 2.75) is 0 Å². The molecule has 0 saturated heterocycles. The third-order valence-corrected chi connectivity index (χ3v) is 2.45. The average molecular weight is 257 g/mol. The molecule has 1 aromatic carbocycles. The van der Waals surface area contributed by atoms with Crippen LogP contribution < -0.4 is 11.1 Å². The Morgan fingerprint density at radius 1 is 1.21 bits per heavy atom. The Morgan fingerprint density at radius 3 is 2.58 bits per heavy atom. The summed E-state index contributed by atoms with van der Waals surface area (Å²) in [6.45, 7) is 0. The molecule has 0 spiro atoms. The Kier molecular flexibility index (Phi) is 3.61. The van der Waals surface area contributed by atoms with Crippen LogP contribution in [0.4, 0.5) is 17.2 Å². The Morgan fingerprint density at radius 2 is 2.00 bits per heavy atom. The highest BCUT2D eigenvalue weighted by atomic mass is 16.2. The third kappa shape index (κ3) is 3.19. The second-order valence-electron chi connectivity index (χ2n) is 4.25. The molecule has 2 aromatic rings. The van der Waals surface area contributed by atoms with Gasteiger partial charge in [-0.3, -0.25) is 4.79 Å². The Bertz CT molecular complexity index is 580. The maximum absolute atomic E-state index is 11.6. The number of carbonyl (C=O) groups is 1. The van der Waals surface area contributed by atoms with E-state index >= 15 is 0 Å². The van der Waals surface area contributed by atoms with E-state index in [0.717, 1.165) is 5.69 Å². The lowest BCUT2D eigenvalue weighted by Crippen LogP contribution is -2.23. The molecular formula is C13H15N5O. The van der Waals surface area contributed by atoms with Crippen molar-refractivity contribution in [3.63, 3.8) is 0 Å². The van der Waals surface area contributed by atoms with Crippen LogP contribution in [0.2, 0.25) is 0 Å². The standard InChI is InChI=1S/C13H15N5O/c1-18(2)13(19)11-6-7-12(17-16-11)15-10-5-3-4-9(14)8-10/h3-8H,14H2,1-2H3,(H,15,17). The van der Waals surface area contributed by atoms with Gasteiger partial charge < -0.3 is 16.0 Å². The number of hydrogen-bond acceptors (Lipinski definition) is 5. The highest BCUT2D eigenvalue weighted by Gasteiger charge is 2.09. The number of nitrogen functional groups attached to an aromatic ring is 1. The largest absolute Gasteiger partial charge is 0.399 e. The molecule has 3 N–H and O–H groups in total. The molecule has 0 aliphatic heterocycles. The normalized spacial score (nSPS) is 10.0. The summed E-state index contributed by atoms with van der Waals surface area (Å²) in [7, 11) is 3.34. The number of carbonyl (C=O) groups excluding carboxylic acids is 1. The first-order valence-corrected chi connectivity index (χ1v) is 5.74. The number of benzene rings is 1. The minimum Gasteiger partial charge on any atom is -0.399 e. The maximum atomic E-state index is 11.6. The Labute approximate surface area is 111 Å². The quantitative estimate of drug-likeness (QED) is 0.814. The zero-order valence-corrected chi connectivity index (χ0v) is 10.8. The lowest BCUT2D eigenvalue weighted by molar-refractivity contribution is 0.0821. The van der Waals surface area contributed by atoms with Gasteiger partial charge in [-0.1, -0.05) is 6.07 Å². The van der Waals surface area contributed by atoms with Crippen molar-refractivity contribution < 1.29 is 4.79 Å². The zero-order chi connectivity index (χ0) is 13.8. The highest BCUT2D eigenvalue weighted by molar-refractivity contribution is 5.91. The molecule has 1 amide bonds. The number of hydrogen-bond donors (Lipinski definition) is 2. The van der Waals surface area contributed by atoms with Crippen LogP contribution >= 0.6 is 0 Å². The molecule has 6 nitrogen and oxygen atoms in total. The van der Waals surface area contributed by atoms with E-state index in [-0.39, 0.29) is 5.91 Å². The lowest BCUT2D eigenvalue weighted by atomic mass is 10.3. The van der Waals surface area contributed by atoms with Crippen molar-refractivity contribution in [1.29, 1.82) is 0 Å². The summed E-state index contributed by atoms with van der Waals surface area (Å²) in [5.74, 6) is 0.379. The van der Waals surface area contributed by atoms with Gasteiger partial charge in [0.05, 0.1) is 0 Å². The number of rotatable bonds is 3. The molecule has 0 radical (unpaired) electrons. The van der Waals surface area contributed by atoms with Crippen molar-refractivity contribution in [3.05, 3.63) is 42.1 Å². The first-order chi connectivity index (χ1) is 9.06. The molecule has 98 valence electrons.